The van der Waals surface area contributed by atoms with Crippen molar-refractivity contribution in [2.24, 2.45) is 5.41 Å². The van der Waals surface area contributed by atoms with E-state index in [1.54, 1.807) is 28.8 Å². The molecule has 30 heavy (non-hydrogen) atoms. The molecular formula is C22H24FN3O2S2. The number of nitrogens with zero attached hydrogens (tertiary/aromatic N) is 3. The summed E-state index contributed by atoms with van der Waals surface area (Å²) >= 11 is 3.01. The van der Waals surface area contributed by atoms with E-state index in [0.717, 1.165) is 27.8 Å². The van der Waals surface area contributed by atoms with E-state index >= 15 is 0 Å². The van der Waals surface area contributed by atoms with Crippen molar-refractivity contribution in [3.63, 3.8) is 0 Å². The molecular weight excluding hydrogens is 421 g/mol. The number of benzene rings is 1. The van der Waals surface area contributed by atoms with Crippen LogP contribution in [0.4, 0.5) is 9.52 Å². The molecule has 4 rings (SSSR count). The summed E-state index contributed by atoms with van der Waals surface area (Å²) in [6, 6.07) is 6.10. The molecule has 1 aliphatic carbocycles. The maximum absolute atomic E-state index is 13.4. The first kappa shape index (κ1) is 21.2. The molecule has 8 heteroatoms. The van der Waals surface area contributed by atoms with Gasteiger partial charge in [0.15, 0.2) is 10.1 Å². The molecule has 2 heterocycles. The monoisotopic (exact) mass is 445 g/mol. The number of Topliss-reactive ketones (excluding diaryl/α,β-unsaturated/α-hetero) is 1. The van der Waals surface area contributed by atoms with E-state index in [-0.39, 0.29) is 35.3 Å². The largest absolute Gasteiger partial charge is 0.294 e. The van der Waals surface area contributed by atoms with E-state index in [4.69, 9.17) is 0 Å². The Morgan fingerprint density at radius 1 is 1.20 bits per heavy atom. The van der Waals surface area contributed by atoms with Gasteiger partial charge in [-0.15, -0.1) is 10.2 Å². The van der Waals surface area contributed by atoms with Crippen molar-refractivity contribution in [2.75, 3.05) is 10.7 Å². The maximum atomic E-state index is 13.4. The van der Waals surface area contributed by atoms with E-state index in [2.05, 4.69) is 17.1 Å². The lowest BCUT2D eigenvalue weighted by Crippen LogP contribution is -2.43. The molecule has 2 aromatic rings. The van der Waals surface area contributed by atoms with Gasteiger partial charge in [0, 0.05) is 35.8 Å². The second kappa shape index (κ2) is 8.23. The van der Waals surface area contributed by atoms with Crippen LogP contribution in [0.5, 0.6) is 0 Å². The number of thioether (sulfide) groups is 1. The molecule has 0 saturated heterocycles. The summed E-state index contributed by atoms with van der Waals surface area (Å²) in [6.07, 6.45) is 2.22. The van der Waals surface area contributed by atoms with Gasteiger partial charge in [-0.3, -0.25) is 14.5 Å². The van der Waals surface area contributed by atoms with Gasteiger partial charge in [0.1, 0.15) is 5.82 Å². The minimum absolute atomic E-state index is 0.0539. The highest BCUT2D eigenvalue weighted by Gasteiger charge is 2.45. The van der Waals surface area contributed by atoms with Crippen molar-refractivity contribution in [3.8, 4) is 0 Å². The predicted molar refractivity (Wildman–Crippen MR) is 117 cm³/mol. The normalized spacial score (nSPS) is 21.2. The number of ketones is 1. The molecule has 1 aromatic carbocycles. The Labute approximate surface area is 183 Å². The fourth-order valence-corrected chi connectivity index (χ4v) is 5.97. The van der Waals surface area contributed by atoms with Crippen molar-refractivity contribution < 1.29 is 14.0 Å². The van der Waals surface area contributed by atoms with Crippen LogP contribution >= 0.6 is 23.1 Å². The zero-order valence-corrected chi connectivity index (χ0v) is 18.9. The quantitative estimate of drug-likeness (QED) is 0.459. The minimum Gasteiger partial charge on any atom is -0.294 e. The zero-order valence-electron chi connectivity index (χ0n) is 17.3. The molecule has 0 saturated carbocycles. The standard InChI is InChI=1S/C22H24FN3O2S2/c1-4-9-29-21-25-24-20(30-21)26-16-11-22(2,3)12-17(27)19(16)15(10-18(26)28)13-5-7-14(23)8-6-13/h5-8,15H,4,9-12H2,1-3H3/t15-/m1/s1. The second-order valence-corrected chi connectivity index (χ2v) is 10.8. The molecule has 158 valence electrons. The highest BCUT2D eigenvalue weighted by Crippen LogP contribution is 2.48. The van der Waals surface area contributed by atoms with Gasteiger partial charge in [-0.25, -0.2) is 4.39 Å². The van der Waals surface area contributed by atoms with Crippen molar-refractivity contribution in [2.45, 2.75) is 56.7 Å². The number of aromatic nitrogens is 2. The van der Waals surface area contributed by atoms with E-state index in [1.165, 1.54) is 23.5 Å². The number of hydrogen-bond acceptors (Lipinski definition) is 6. The minimum atomic E-state index is -0.352. The third-order valence-electron chi connectivity index (χ3n) is 5.43. The lowest BCUT2D eigenvalue weighted by Gasteiger charge is -2.41. The van der Waals surface area contributed by atoms with E-state index in [1.807, 2.05) is 13.8 Å². The van der Waals surface area contributed by atoms with Gasteiger partial charge < -0.3 is 0 Å². The Hall–Kier alpha value is -2.06. The number of anilines is 1. The lowest BCUT2D eigenvalue weighted by atomic mass is 9.69. The third-order valence-corrected chi connectivity index (χ3v) is 7.68. The smallest absolute Gasteiger partial charge is 0.234 e. The summed E-state index contributed by atoms with van der Waals surface area (Å²) < 4.78 is 14.3. The van der Waals surface area contributed by atoms with Gasteiger partial charge in [-0.05, 0) is 36.0 Å². The van der Waals surface area contributed by atoms with E-state index in [0.29, 0.717) is 23.5 Å². The number of hydrogen-bond donors (Lipinski definition) is 0. The first-order valence-corrected chi connectivity index (χ1v) is 11.9. The number of amides is 1. The van der Waals surface area contributed by atoms with Gasteiger partial charge in [-0.2, -0.15) is 0 Å². The van der Waals surface area contributed by atoms with Crippen molar-refractivity contribution in [1.82, 2.24) is 10.2 Å². The van der Waals surface area contributed by atoms with Crippen LogP contribution in [-0.2, 0) is 9.59 Å². The Morgan fingerprint density at radius 3 is 2.63 bits per heavy atom. The first-order valence-electron chi connectivity index (χ1n) is 10.1. The molecule has 0 spiro atoms. The summed E-state index contributed by atoms with van der Waals surface area (Å²) in [5.74, 6) is 0.206. The van der Waals surface area contributed by atoms with Crippen LogP contribution in [-0.4, -0.2) is 27.6 Å². The van der Waals surface area contributed by atoms with Crippen LogP contribution in [0.3, 0.4) is 0 Å². The average molecular weight is 446 g/mol. The molecule has 1 aromatic heterocycles. The molecule has 5 nitrogen and oxygen atoms in total. The van der Waals surface area contributed by atoms with Crippen LogP contribution in [0, 0.1) is 11.2 Å². The molecule has 0 radical (unpaired) electrons. The number of carbonyl (C=O) groups excluding carboxylic acids is 2. The topological polar surface area (TPSA) is 63.2 Å². The molecule has 0 N–H and O–H groups in total. The summed E-state index contributed by atoms with van der Waals surface area (Å²) in [6.45, 7) is 6.19. The van der Waals surface area contributed by atoms with Crippen molar-refractivity contribution in [3.05, 3.63) is 46.9 Å². The first-order chi connectivity index (χ1) is 14.3. The van der Waals surface area contributed by atoms with Crippen LogP contribution in [0.15, 0.2) is 39.9 Å². The van der Waals surface area contributed by atoms with Crippen molar-refractivity contribution in [1.29, 1.82) is 0 Å². The molecule has 0 unspecified atom stereocenters. The Bertz CT molecular complexity index is 1010. The zero-order chi connectivity index (χ0) is 21.5. The fourth-order valence-electron chi connectivity index (χ4n) is 4.16. The van der Waals surface area contributed by atoms with Crippen molar-refractivity contribution >= 4 is 39.9 Å². The van der Waals surface area contributed by atoms with Crippen LogP contribution in [0.1, 0.15) is 57.9 Å². The van der Waals surface area contributed by atoms with Gasteiger partial charge in [0.2, 0.25) is 11.0 Å². The van der Waals surface area contributed by atoms with Crippen LogP contribution < -0.4 is 4.90 Å². The number of halogens is 1. The van der Waals surface area contributed by atoms with Crippen LogP contribution in [0.25, 0.3) is 0 Å². The molecule has 1 atom stereocenters. The SMILES string of the molecule is CCCSc1nnc(N2C(=O)C[C@H](c3ccc(F)cc3)C3=C2CC(C)(C)CC3=O)s1. The molecule has 0 bridgehead atoms. The Morgan fingerprint density at radius 2 is 1.93 bits per heavy atom. The summed E-state index contributed by atoms with van der Waals surface area (Å²) in [5, 5.41) is 9.03. The number of allylic oxidation sites excluding steroid dienone is 2. The molecule has 2 aliphatic rings. The molecule has 1 aliphatic heterocycles. The summed E-state index contributed by atoms with van der Waals surface area (Å²) in [4.78, 5) is 28.1. The number of carbonyl (C=O) groups is 2. The predicted octanol–water partition coefficient (Wildman–Crippen LogP) is 5.34. The van der Waals surface area contributed by atoms with E-state index < -0.39 is 0 Å². The lowest BCUT2D eigenvalue weighted by molar-refractivity contribution is -0.121. The van der Waals surface area contributed by atoms with E-state index in [9.17, 15) is 14.0 Å². The Balaban J connectivity index is 1.80. The molecule has 0 fully saturated rings. The second-order valence-electron chi connectivity index (χ2n) is 8.54. The van der Waals surface area contributed by atoms with Gasteiger partial charge in [-0.1, -0.05) is 56.0 Å². The maximum Gasteiger partial charge on any atom is 0.234 e. The van der Waals surface area contributed by atoms with Crippen LogP contribution in [0.2, 0.25) is 0 Å². The highest BCUT2D eigenvalue weighted by molar-refractivity contribution is 8.01. The fraction of sp³-hybridized carbons (Fsp3) is 0.455. The summed E-state index contributed by atoms with van der Waals surface area (Å²) in [5.41, 5.74) is 1.94. The van der Waals surface area contributed by atoms with Gasteiger partial charge in [0.25, 0.3) is 0 Å². The third kappa shape index (κ3) is 4.07. The highest BCUT2D eigenvalue weighted by atomic mass is 32.2. The van der Waals surface area contributed by atoms with Gasteiger partial charge in [0.05, 0.1) is 0 Å². The average Bonchev–Trinajstić information content (AvgIpc) is 3.13. The Kier molecular flexibility index (Phi) is 5.81. The summed E-state index contributed by atoms with van der Waals surface area (Å²) in [7, 11) is 0. The number of rotatable bonds is 5. The van der Waals surface area contributed by atoms with Gasteiger partial charge >= 0.3 is 0 Å². The molecule has 1 amide bonds.